The molecule has 134 valence electrons. The molecule has 0 aliphatic heterocycles. The van der Waals surface area contributed by atoms with Gasteiger partial charge in [0.2, 0.25) is 5.91 Å². The fourth-order valence-electron chi connectivity index (χ4n) is 1.57. The van der Waals surface area contributed by atoms with Gasteiger partial charge in [-0.2, -0.15) is 11.8 Å². The summed E-state index contributed by atoms with van der Waals surface area (Å²) in [6.45, 7) is 4.51. The lowest BCUT2D eigenvalue weighted by Crippen LogP contribution is -2.45. The monoisotopic (exact) mass is 362 g/mol. The first kappa shape index (κ1) is 20.1. The number of thioether (sulfide) groups is 1. The van der Waals surface area contributed by atoms with Gasteiger partial charge in [-0.05, 0) is 32.2 Å². The van der Waals surface area contributed by atoms with Crippen LogP contribution in [-0.4, -0.2) is 43.0 Å². The summed E-state index contributed by atoms with van der Waals surface area (Å²) in [7, 11) is 1.55. The molecule has 0 fully saturated rings. The van der Waals surface area contributed by atoms with E-state index in [4.69, 9.17) is 0 Å². The SMILES string of the molecule is CN=C(NCC(=O)Nc1ccc(F)c(F)c1F)NCC(C)(C)SC. The maximum Gasteiger partial charge on any atom is 0.243 e. The Morgan fingerprint density at radius 1 is 1.21 bits per heavy atom. The van der Waals surface area contributed by atoms with Crippen LogP contribution in [0.4, 0.5) is 18.9 Å². The van der Waals surface area contributed by atoms with Gasteiger partial charge in [-0.15, -0.1) is 0 Å². The third-order valence-corrected chi connectivity index (χ3v) is 4.43. The van der Waals surface area contributed by atoms with E-state index in [2.05, 4.69) is 34.8 Å². The number of carbonyl (C=O) groups is 1. The van der Waals surface area contributed by atoms with E-state index >= 15 is 0 Å². The molecule has 0 bridgehead atoms. The Balaban J connectivity index is 2.55. The molecule has 1 aromatic rings. The quantitative estimate of drug-likeness (QED) is 0.413. The fourth-order valence-corrected chi connectivity index (χ4v) is 1.79. The summed E-state index contributed by atoms with van der Waals surface area (Å²) < 4.78 is 39.4. The molecule has 9 heteroatoms. The van der Waals surface area contributed by atoms with Gasteiger partial charge in [0.25, 0.3) is 0 Å². The van der Waals surface area contributed by atoms with Crippen molar-refractivity contribution < 1.29 is 18.0 Å². The molecule has 24 heavy (non-hydrogen) atoms. The first-order valence-corrected chi connectivity index (χ1v) is 8.35. The number of amides is 1. The van der Waals surface area contributed by atoms with Crippen LogP contribution >= 0.6 is 11.8 Å². The third-order valence-electron chi connectivity index (χ3n) is 3.18. The molecule has 0 atom stereocenters. The number of halogens is 3. The van der Waals surface area contributed by atoms with Crippen LogP contribution in [0.3, 0.4) is 0 Å². The molecular formula is C15H21F3N4OS. The largest absolute Gasteiger partial charge is 0.355 e. The molecule has 0 aliphatic carbocycles. The van der Waals surface area contributed by atoms with E-state index in [-0.39, 0.29) is 11.3 Å². The molecule has 0 aromatic heterocycles. The standard InChI is InChI=1S/C15H21F3N4OS/c1-15(2,24-4)8-21-14(19-3)20-7-11(23)22-10-6-5-9(16)12(17)13(10)18/h5-6H,7-8H2,1-4H3,(H,22,23)(H2,19,20,21). The maximum absolute atomic E-state index is 13.5. The minimum absolute atomic E-state index is 0.0192. The van der Waals surface area contributed by atoms with Gasteiger partial charge in [0, 0.05) is 18.3 Å². The number of rotatable bonds is 6. The number of hydrogen-bond acceptors (Lipinski definition) is 3. The van der Waals surface area contributed by atoms with Crippen molar-refractivity contribution in [1.29, 1.82) is 0 Å². The van der Waals surface area contributed by atoms with E-state index in [1.54, 1.807) is 18.8 Å². The molecular weight excluding hydrogens is 341 g/mol. The number of carbonyl (C=O) groups excluding carboxylic acids is 1. The van der Waals surface area contributed by atoms with Crippen molar-refractivity contribution in [2.45, 2.75) is 18.6 Å². The normalized spacial score (nSPS) is 12.0. The van der Waals surface area contributed by atoms with Gasteiger partial charge >= 0.3 is 0 Å². The second-order valence-electron chi connectivity index (χ2n) is 5.51. The topological polar surface area (TPSA) is 65.5 Å². The summed E-state index contributed by atoms with van der Waals surface area (Å²) in [5.74, 6) is -4.60. The first-order chi connectivity index (χ1) is 11.2. The summed E-state index contributed by atoms with van der Waals surface area (Å²) in [4.78, 5) is 15.8. The second-order valence-corrected chi connectivity index (χ2v) is 7.03. The van der Waals surface area contributed by atoms with Crippen LogP contribution in [0, 0.1) is 17.5 Å². The predicted molar refractivity (Wildman–Crippen MR) is 91.9 cm³/mol. The lowest BCUT2D eigenvalue weighted by molar-refractivity contribution is -0.115. The molecule has 0 heterocycles. The van der Waals surface area contributed by atoms with Crippen LogP contribution in [0.25, 0.3) is 0 Å². The van der Waals surface area contributed by atoms with Crippen LogP contribution in [0.15, 0.2) is 17.1 Å². The van der Waals surface area contributed by atoms with E-state index in [0.717, 1.165) is 12.1 Å². The molecule has 3 N–H and O–H groups in total. The van der Waals surface area contributed by atoms with Gasteiger partial charge in [-0.3, -0.25) is 9.79 Å². The average Bonchev–Trinajstić information content (AvgIpc) is 2.55. The fraction of sp³-hybridized carbons (Fsp3) is 0.467. The van der Waals surface area contributed by atoms with E-state index in [9.17, 15) is 18.0 Å². The Kier molecular flexibility index (Phi) is 7.40. The zero-order valence-corrected chi connectivity index (χ0v) is 14.8. The average molecular weight is 362 g/mol. The highest BCUT2D eigenvalue weighted by Crippen LogP contribution is 2.20. The highest BCUT2D eigenvalue weighted by molar-refractivity contribution is 7.99. The number of aliphatic imine (C=N–C) groups is 1. The first-order valence-electron chi connectivity index (χ1n) is 7.13. The highest BCUT2D eigenvalue weighted by Gasteiger charge is 2.17. The molecule has 0 saturated heterocycles. The number of nitrogens with one attached hydrogen (secondary N) is 3. The van der Waals surface area contributed by atoms with Crippen LogP contribution in [0.5, 0.6) is 0 Å². The van der Waals surface area contributed by atoms with Crippen molar-refractivity contribution in [3.8, 4) is 0 Å². The van der Waals surface area contributed by atoms with Crippen molar-refractivity contribution in [3.63, 3.8) is 0 Å². The molecule has 0 radical (unpaired) electrons. The number of anilines is 1. The van der Waals surface area contributed by atoms with Gasteiger partial charge in [0.15, 0.2) is 23.4 Å². The van der Waals surface area contributed by atoms with Crippen LogP contribution < -0.4 is 16.0 Å². The van der Waals surface area contributed by atoms with E-state index in [1.807, 2.05) is 6.26 Å². The molecule has 0 spiro atoms. The minimum atomic E-state index is -1.63. The van der Waals surface area contributed by atoms with Gasteiger partial charge in [0.1, 0.15) is 0 Å². The van der Waals surface area contributed by atoms with Gasteiger partial charge in [-0.25, -0.2) is 13.2 Å². The number of benzene rings is 1. The Morgan fingerprint density at radius 2 is 1.88 bits per heavy atom. The Hall–Kier alpha value is -1.90. The summed E-state index contributed by atoms with van der Waals surface area (Å²) in [5, 5.41) is 7.99. The summed E-state index contributed by atoms with van der Waals surface area (Å²) >= 11 is 1.68. The third kappa shape index (κ3) is 5.95. The molecule has 1 rings (SSSR count). The Bertz CT molecular complexity index is 623. The van der Waals surface area contributed by atoms with Gasteiger partial charge in [0.05, 0.1) is 12.2 Å². The number of nitrogens with zero attached hydrogens (tertiary/aromatic N) is 1. The van der Waals surface area contributed by atoms with E-state index in [1.165, 1.54) is 0 Å². The highest BCUT2D eigenvalue weighted by atomic mass is 32.2. The van der Waals surface area contributed by atoms with E-state index < -0.39 is 29.0 Å². The molecule has 0 unspecified atom stereocenters. The summed E-state index contributed by atoms with van der Waals surface area (Å²) in [6, 6.07) is 1.70. The lowest BCUT2D eigenvalue weighted by Gasteiger charge is -2.23. The van der Waals surface area contributed by atoms with Crippen LogP contribution in [-0.2, 0) is 4.79 Å². The van der Waals surface area contributed by atoms with Crippen molar-refractivity contribution in [2.24, 2.45) is 4.99 Å². The smallest absolute Gasteiger partial charge is 0.243 e. The predicted octanol–water partition coefficient (Wildman–Crippen LogP) is 2.35. The van der Waals surface area contributed by atoms with Crippen LogP contribution in [0.2, 0.25) is 0 Å². The molecule has 5 nitrogen and oxygen atoms in total. The lowest BCUT2D eigenvalue weighted by atomic mass is 10.2. The van der Waals surface area contributed by atoms with Crippen molar-refractivity contribution in [3.05, 3.63) is 29.6 Å². The van der Waals surface area contributed by atoms with Gasteiger partial charge in [-0.1, -0.05) is 0 Å². The van der Waals surface area contributed by atoms with E-state index in [0.29, 0.717) is 12.5 Å². The summed E-state index contributed by atoms with van der Waals surface area (Å²) in [6.07, 6.45) is 1.99. The zero-order valence-electron chi connectivity index (χ0n) is 14.0. The molecule has 1 amide bonds. The second kappa shape index (κ2) is 8.81. The Labute approximate surface area is 143 Å². The van der Waals surface area contributed by atoms with Crippen molar-refractivity contribution in [2.75, 3.05) is 31.7 Å². The summed E-state index contributed by atoms with van der Waals surface area (Å²) in [5.41, 5.74) is -0.424. The minimum Gasteiger partial charge on any atom is -0.355 e. The number of guanidine groups is 1. The molecule has 0 saturated carbocycles. The van der Waals surface area contributed by atoms with Crippen molar-refractivity contribution in [1.82, 2.24) is 10.6 Å². The zero-order chi connectivity index (χ0) is 18.3. The van der Waals surface area contributed by atoms with Crippen molar-refractivity contribution >= 4 is 29.3 Å². The Morgan fingerprint density at radius 3 is 2.46 bits per heavy atom. The maximum atomic E-state index is 13.5. The van der Waals surface area contributed by atoms with Crippen LogP contribution in [0.1, 0.15) is 13.8 Å². The molecule has 0 aliphatic rings. The molecule has 1 aromatic carbocycles. The van der Waals surface area contributed by atoms with Gasteiger partial charge < -0.3 is 16.0 Å². The number of hydrogen-bond donors (Lipinski definition) is 3.